The number of likely N-dealkylation sites (tertiary alicyclic amines) is 1. The number of non-ortho nitro benzene ring substituents is 1. The highest BCUT2D eigenvalue weighted by Gasteiger charge is 2.39. The minimum absolute atomic E-state index is 0.0462. The molecule has 2 N–H and O–H groups in total. The third-order valence-corrected chi connectivity index (χ3v) is 6.88. The van der Waals surface area contributed by atoms with Gasteiger partial charge >= 0.3 is 12.1 Å². The zero-order valence-corrected chi connectivity index (χ0v) is 22.6. The zero-order chi connectivity index (χ0) is 28.3. The molecule has 4 rings (SSSR count). The van der Waals surface area contributed by atoms with Crippen LogP contribution < -0.4 is 5.32 Å². The van der Waals surface area contributed by atoms with E-state index in [0.717, 1.165) is 4.90 Å². The SMILES string of the molecule is CCc1nc(-c2ccc(Cl)cc2Cl)c(CC)nc1N[C@H]1CN(C(=O)O)C[C@H]1OC(=O)c1ccc([N+](=O)[O-])cc1. The van der Waals surface area contributed by atoms with Crippen LogP contribution in [0.25, 0.3) is 11.3 Å². The number of hydrogen-bond acceptors (Lipinski definition) is 8. The molecule has 1 aliphatic rings. The van der Waals surface area contributed by atoms with E-state index in [1.807, 2.05) is 13.8 Å². The number of benzene rings is 2. The molecular formula is C26H25Cl2N5O6. The number of hydrogen-bond donors (Lipinski definition) is 2. The molecule has 0 radical (unpaired) electrons. The van der Waals surface area contributed by atoms with Crippen LogP contribution in [0.15, 0.2) is 42.5 Å². The molecule has 0 spiro atoms. The van der Waals surface area contributed by atoms with Crippen LogP contribution in [-0.4, -0.2) is 62.2 Å². The largest absolute Gasteiger partial charge is 0.465 e. The highest BCUT2D eigenvalue weighted by Crippen LogP contribution is 2.33. The van der Waals surface area contributed by atoms with Crippen LogP contribution in [-0.2, 0) is 17.6 Å². The van der Waals surface area contributed by atoms with E-state index in [1.165, 1.54) is 24.3 Å². The first-order valence-corrected chi connectivity index (χ1v) is 12.9. The van der Waals surface area contributed by atoms with Crippen molar-refractivity contribution in [3.63, 3.8) is 0 Å². The highest BCUT2D eigenvalue weighted by molar-refractivity contribution is 6.36. The Labute approximate surface area is 233 Å². The summed E-state index contributed by atoms with van der Waals surface area (Å²) in [4.78, 5) is 45.6. The number of esters is 1. The summed E-state index contributed by atoms with van der Waals surface area (Å²) in [6, 6.07) is 9.53. The topological polar surface area (TPSA) is 148 Å². The summed E-state index contributed by atoms with van der Waals surface area (Å²) in [6.45, 7) is 3.84. The van der Waals surface area contributed by atoms with E-state index in [4.69, 9.17) is 37.9 Å². The summed E-state index contributed by atoms with van der Waals surface area (Å²) in [5.41, 5.74) is 2.57. The summed E-state index contributed by atoms with van der Waals surface area (Å²) in [5.74, 6) is -0.269. The predicted molar refractivity (Wildman–Crippen MR) is 146 cm³/mol. The Morgan fingerprint density at radius 1 is 1.10 bits per heavy atom. The number of nitrogens with one attached hydrogen (secondary N) is 1. The number of aromatic nitrogens is 2. The lowest BCUT2D eigenvalue weighted by molar-refractivity contribution is -0.384. The molecule has 204 valence electrons. The Balaban J connectivity index is 1.62. The number of nitrogens with zero attached hydrogens (tertiary/aromatic N) is 4. The van der Waals surface area contributed by atoms with Crippen molar-refractivity contribution < 1.29 is 24.4 Å². The Bertz CT molecular complexity index is 1420. The van der Waals surface area contributed by atoms with Crippen molar-refractivity contribution >= 4 is 46.8 Å². The second-order valence-corrected chi connectivity index (χ2v) is 9.68. The quantitative estimate of drug-likeness (QED) is 0.203. The fraction of sp³-hybridized carbons (Fsp3) is 0.308. The number of halogens is 2. The lowest BCUT2D eigenvalue weighted by Crippen LogP contribution is -2.36. The fourth-order valence-electron chi connectivity index (χ4n) is 4.30. The fourth-order valence-corrected chi connectivity index (χ4v) is 4.80. The lowest BCUT2D eigenvalue weighted by atomic mass is 10.1. The second kappa shape index (κ2) is 11.8. The third-order valence-electron chi connectivity index (χ3n) is 6.33. The van der Waals surface area contributed by atoms with Gasteiger partial charge in [-0.2, -0.15) is 0 Å². The number of nitro benzene ring substituents is 1. The van der Waals surface area contributed by atoms with E-state index < -0.39 is 29.1 Å². The van der Waals surface area contributed by atoms with Crippen LogP contribution in [0.2, 0.25) is 10.0 Å². The van der Waals surface area contributed by atoms with Gasteiger partial charge in [-0.25, -0.2) is 19.6 Å². The second-order valence-electron chi connectivity index (χ2n) is 8.83. The molecule has 2 heterocycles. The van der Waals surface area contributed by atoms with Gasteiger partial charge in [-0.15, -0.1) is 0 Å². The van der Waals surface area contributed by atoms with Gasteiger partial charge in [0.25, 0.3) is 5.69 Å². The molecule has 1 fully saturated rings. The van der Waals surface area contributed by atoms with E-state index in [1.54, 1.807) is 18.2 Å². The number of aryl methyl sites for hydroxylation is 2. The molecule has 3 aromatic rings. The minimum atomic E-state index is -1.15. The van der Waals surface area contributed by atoms with E-state index >= 15 is 0 Å². The number of carboxylic acid groups (broad SMARTS) is 1. The van der Waals surface area contributed by atoms with Crippen LogP contribution in [0.1, 0.15) is 35.6 Å². The van der Waals surface area contributed by atoms with Gasteiger partial charge in [0.2, 0.25) is 0 Å². The molecule has 1 aromatic heterocycles. The van der Waals surface area contributed by atoms with E-state index in [9.17, 15) is 24.8 Å². The smallest absolute Gasteiger partial charge is 0.407 e. The van der Waals surface area contributed by atoms with Gasteiger partial charge in [0.1, 0.15) is 11.9 Å². The van der Waals surface area contributed by atoms with Crippen LogP contribution in [0.3, 0.4) is 0 Å². The molecular weight excluding hydrogens is 549 g/mol. The molecule has 11 nitrogen and oxygen atoms in total. The molecule has 1 aliphatic heterocycles. The normalized spacial score (nSPS) is 16.7. The van der Waals surface area contributed by atoms with Gasteiger partial charge in [0.05, 0.1) is 45.2 Å². The van der Waals surface area contributed by atoms with Gasteiger partial charge in [0.15, 0.2) is 0 Å². The minimum Gasteiger partial charge on any atom is -0.465 e. The van der Waals surface area contributed by atoms with E-state index in [2.05, 4.69) is 5.32 Å². The Morgan fingerprint density at radius 3 is 2.38 bits per heavy atom. The Hall–Kier alpha value is -3.96. The number of ether oxygens (including phenoxy) is 1. The molecule has 2 aromatic carbocycles. The van der Waals surface area contributed by atoms with Gasteiger partial charge < -0.3 is 20.1 Å². The first-order chi connectivity index (χ1) is 18.6. The van der Waals surface area contributed by atoms with Crippen molar-refractivity contribution in [2.45, 2.75) is 38.8 Å². The number of anilines is 1. The van der Waals surface area contributed by atoms with Crippen molar-refractivity contribution in [2.75, 3.05) is 18.4 Å². The van der Waals surface area contributed by atoms with Crippen LogP contribution in [0, 0.1) is 10.1 Å². The van der Waals surface area contributed by atoms with Crippen LogP contribution >= 0.6 is 23.2 Å². The first kappa shape index (κ1) is 28.1. The lowest BCUT2D eigenvalue weighted by Gasteiger charge is -2.22. The summed E-state index contributed by atoms with van der Waals surface area (Å²) in [7, 11) is 0. The maximum atomic E-state index is 12.8. The average Bonchev–Trinajstić information content (AvgIpc) is 3.31. The van der Waals surface area contributed by atoms with Gasteiger partial charge in [0, 0.05) is 29.3 Å². The number of carbonyl (C=O) groups is 2. The van der Waals surface area contributed by atoms with Crippen molar-refractivity contribution in [2.24, 2.45) is 0 Å². The summed E-state index contributed by atoms with van der Waals surface area (Å²) >= 11 is 12.5. The monoisotopic (exact) mass is 573 g/mol. The number of rotatable bonds is 8. The van der Waals surface area contributed by atoms with E-state index in [-0.39, 0.29) is 24.3 Å². The molecule has 39 heavy (non-hydrogen) atoms. The molecule has 0 aliphatic carbocycles. The first-order valence-electron chi connectivity index (χ1n) is 12.2. The number of amides is 1. The number of carbonyl (C=O) groups excluding carboxylic acids is 1. The third kappa shape index (κ3) is 6.21. The molecule has 0 unspecified atom stereocenters. The van der Waals surface area contributed by atoms with Crippen molar-refractivity contribution in [3.8, 4) is 11.3 Å². The molecule has 0 saturated carbocycles. The highest BCUT2D eigenvalue weighted by atomic mass is 35.5. The molecule has 1 amide bonds. The van der Waals surface area contributed by atoms with Crippen molar-refractivity contribution in [1.82, 2.24) is 14.9 Å². The maximum Gasteiger partial charge on any atom is 0.407 e. The average molecular weight is 574 g/mol. The van der Waals surface area contributed by atoms with E-state index in [0.29, 0.717) is 51.4 Å². The molecule has 1 saturated heterocycles. The zero-order valence-electron chi connectivity index (χ0n) is 21.1. The summed E-state index contributed by atoms with van der Waals surface area (Å²) in [6.07, 6.45) is -0.935. The van der Waals surface area contributed by atoms with Gasteiger partial charge in [-0.3, -0.25) is 10.1 Å². The van der Waals surface area contributed by atoms with Crippen molar-refractivity contribution in [1.29, 1.82) is 0 Å². The predicted octanol–water partition coefficient (Wildman–Crippen LogP) is 5.48. The van der Waals surface area contributed by atoms with Crippen molar-refractivity contribution in [3.05, 3.63) is 79.6 Å². The summed E-state index contributed by atoms with van der Waals surface area (Å²) in [5, 5.41) is 24.7. The Kier molecular flexibility index (Phi) is 8.51. The van der Waals surface area contributed by atoms with Crippen LogP contribution in [0.5, 0.6) is 0 Å². The maximum absolute atomic E-state index is 12.8. The molecule has 2 atom stereocenters. The van der Waals surface area contributed by atoms with Gasteiger partial charge in [-0.05, 0) is 43.2 Å². The molecule has 13 heteroatoms. The molecule has 0 bridgehead atoms. The van der Waals surface area contributed by atoms with Crippen LogP contribution in [0.4, 0.5) is 16.3 Å². The van der Waals surface area contributed by atoms with Gasteiger partial charge in [-0.1, -0.05) is 37.0 Å². The Morgan fingerprint density at radius 2 is 1.79 bits per heavy atom. The standard InChI is InChI=1S/C26H25Cl2N5O6/c1-3-19-23(17-10-7-15(27)11-18(17)28)29-20(4-2)24(30-19)31-21-12-32(26(35)36)13-22(21)39-25(34)14-5-8-16(9-6-14)33(37)38/h5-11,21-22H,3-4,12-13H2,1-2H3,(H,30,31)(H,35,36)/t21-,22+/m0/s1. The summed E-state index contributed by atoms with van der Waals surface area (Å²) < 4.78 is 5.66. The number of nitro groups is 1.